The fourth-order valence-electron chi connectivity index (χ4n) is 3.96. The zero-order valence-corrected chi connectivity index (χ0v) is 21.7. The van der Waals surface area contributed by atoms with Gasteiger partial charge in [-0.25, -0.2) is 13.4 Å². The number of rotatable bonds is 6. The Kier molecular flexibility index (Phi) is 7.47. The van der Waals surface area contributed by atoms with Gasteiger partial charge in [0.2, 0.25) is 5.91 Å². The van der Waals surface area contributed by atoms with Gasteiger partial charge in [0.25, 0.3) is 5.91 Å². The van der Waals surface area contributed by atoms with Crippen LogP contribution in [0.25, 0.3) is 6.08 Å². The van der Waals surface area contributed by atoms with E-state index in [4.69, 9.17) is 0 Å². The van der Waals surface area contributed by atoms with E-state index in [9.17, 15) is 18.0 Å². The maximum absolute atomic E-state index is 13.3. The van der Waals surface area contributed by atoms with Crippen LogP contribution in [0.4, 0.5) is 5.69 Å². The second-order valence-electron chi connectivity index (χ2n) is 9.18. The number of sulfone groups is 1. The van der Waals surface area contributed by atoms with Crippen LogP contribution in [0.1, 0.15) is 42.9 Å². The molecular formula is C26H29N3O4S2. The number of amides is 2. The van der Waals surface area contributed by atoms with Crippen LogP contribution < -0.4 is 10.2 Å². The normalized spacial score (nSPS) is 20.5. The number of hydrogen-bond acceptors (Lipinski definition) is 6. The molecule has 2 aliphatic rings. The number of thioether (sulfide) groups is 1. The molecule has 7 nitrogen and oxygen atoms in total. The quantitative estimate of drug-likeness (QED) is 0.594. The molecule has 0 spiro atoms. The first-order chi connectivity index (χ1) is 16.6. The van der Waals surface area contributed by atoms with Gasteiger partial charge in [0.1, 0.15) is 5.70 Å². The van der Waals surface area contributed by atoms with Crippen molar-refractivity contribution in [3.05, 3.63) is 70.9 Å². The largest absolute Gasteiger partial charge is 0.352 e. The molecule has 2 amide bonds. The van der Waals surface area contributed by atoms with Crippen LogP contribution in [0.3, 0.4) is 0 Å². The topological polar surface area (TPSA) is 95.9 Å². The Hall–Kier alpha value is -2.91. The van der Waals surface area contributed by atoms with Gasteiger partial charge in [0.05, 0.1) is 22.9 Å². The third-order valence-corrected chi connectivity index (χ3v) is 8.66. The highest BCUT2D eigenvalue weighted by molar-refractivity contribution is 8.14. The Morgan fingerprint density at radius 1 is 1.17 bits per heavy atom. The minimum atomic E-state index is -3.08. The van der Waals surface area contributed by atoms with E-state index in [1.54, 1.807) is 6.08 Å². The molecule has 1 fully saturated rings. The number of carbonyl (C=O) groups excluding carboxylic acids is 2. The van der Waals surface area contributed by atoms with Crippen LogP contribution in [-0.2, 0) is 19.4 Å². The number of benzene rings is 2. The van der Waals surface area contributed by atoms with Gasteiger partial charge in [-0.05, 0) is 48.6 Å². The van der Waals surface area contributed by atoms with E-state index >= 15 is 0 Å². The van der Waals surface area contributed by atoms with E-state index in [-0.39, 0.29) is 35.1 Å². The zero-order chi connectivity index (χ0) is 25.2. The molecule has 1 unspecified atom stereocenters. The van der Waals surface area contributed by atoms with E-state index < -0.39 is 9.84 Å². The first kappa shape index (κ1) is 25.2. The lowest BCUT2D eigenvalue weighted by atomic mass is 10.0. The summed E-state index contributed by atoms with van der Waals surface area (Å²) in [4.78, 5) is 31.9. The monoisotopic (exact) mass is 511 g/mol. The van der Waals surface area contributed by atoms with Crippen molar-refractivity contribution in [1.82, 2.24) is 5.32 Å². The van der Waals surface area contributed by atoms with Crippen molar-refractivity contribution >= 4 is 50.3 Å². The number of aryl methyl sites for hydroxylation is 1. The van der Waals surface area contributed by atoms with Gasteiger partial charge in [-0.1, -0.05) is 67.6 Å². The lowest BCUT2D eigenvalue weighted by molar-refractivity contribution is -0.119. The standard InChI is InChI=1S/C26H29N3O4S2/c1-17(2)20-8-6-19(7-9-20)14-23-25(31)29(22-10-4-18(3)5-11-22)26(28-23)34-15-24(30)27-21-12-13-35(32,33)16-21/h4-11,14,17,21H,12-13,15-16H2,1-3H3,(H,27,30)/b23-14+. The van der Waals surface area contributed by atoms with E-state index in [0.29, 0.717) is 28.9 Å². The smallest absolute Gasteiger partial charge is 0.283 e. The molecule has 184 valence electrons. The third-order valence-electron chi connectivity index (χ3n) is 5.96. The Balaban J connectivity index is 1.53. The summed E-state index contributed by atoms with van der Waals surface area (Å²) >= 11 is 1.16. The molecule has 1 saturated heterocycles. The van der Waals surface area contributed by atoms with Crippen molar-refractivity contribution in [2.75, 3.05) is 22.2 Å². The van der Waals surface area contributed by atoms with Crippen LogP contribution in [-0.4, -0.2) is 48.7 Å². The SMILES string of the molecule is Cc1ccc(N2C(=O)/C(=C\c3ccc(C(C)C)cc3)N=C2SCC(=O)NC2CCS(=O)(=O)C2)cc1. The van der Waals surface area contributed by atoms with Gasteiger partial charge in [-0.15, -0.1) is 0 Å². The molecule has 0 aromatic heterocycles. The second kappa shape index (κ2) is 10.4. The fourth-order valence-corrected chi connectivity index (χ4v) is 6.46. The van der Waals surface area contributed by atoms with E-state index in [2.05, 4.69) is 24.2 Å². The number of anilines is 1. The average molecular weight is 512 g/mol. The molecule has 2 aromatic carbocycles. The Labute approximate surface area is 210 Å². The minimum absolute atomic E-state index is 0.0270. The summed E-state index contributed by atoms with van der Waals surface area (Å²) in [5.74, 6) is -0.0232. The zero-order valence-electron chi connectivity index (χ0n) is 20.0. The van der Waals surface area contributed by atoms with Crippen molar-refractivity contribution in [2.45, 2.75) is 39.2 Å². The fraction of sp³-hybridized carbons (Fsp3) is 0.346. The van der Waals surface area contributed by atoms with Crippen molar-refractivity contribution in [3.8, 4) is 0 Å². The summed E-state index contributed by atoms with van der Waals surface area (Å²) in [6.07, 6.45) is 2.18. The lowest BCUT2D eigenvalue weighted by Crippen LogP contribution is -2.37. The molecule has 9 heteroatoms. The van der Waals surface area contributed by atoms with Gasteiger partial charge in [0, 0.05) is 6.04 Å². The maximum atomic E-state index is 13.3. The van der Waals surface area contributed by atoms with Gasteiger partial charge < -0.3 is 5.32 Å². The summed E-state index contributed by atoms with van der Waals surface area (Å²) in [6, 6.07) is 15.2. The van der Waals surface area contributed by atoms with Gasteiger partial charge >= 0.3 is 0 Å². The van der Waals surface area contributed by atoms with Crippen molar-refractivity contribution in [1.29, 1.82) is 0 Å². The van der Waals surface area contributed by atoms with Crippen LogP contribution >= 0.6 is 11.8 Å². The molecule has 4 rings (SSSR count). The van der Waals surface area contributed by atoms with Gasteiger partial charge in [-0.3, -0.25) is 14.5 Å². The number of hydrogen-bond donors (Lipinski definition) is 1. The van der Waals surface area contributed by atoms with Crippen molar-refractivity contribution < 1.29 is 18.0 Å². The summed E-state index contributed by atoms with van der Waals surface area (Å²) < 4.78 is 23.3. The highest BCUT2D eigenvalue weighted by Gasteiger charge is 2.33. The van der Waals surface area contributed by atoms with Crippen LogP contribution in [0, 0.1) is 6.92 Å². The highest BCUT2D eigenvalue weighted by Crippen LogP contribution is 2.30. The van der Waals surface area contributed by atoms with Gasteiger partial charge in [-0.2, -0.15) is 0 Å². The number of nitrogens with one attached hydrogen (secondary N) is 1. The first-order valence-electron chi connectivity index (χ1n) is 11.6. The highest BCUT2D eigenvalue weighted by atomic mass is 32.2. The molecule has 2 heterocycles. The van der Waals surface area contributed by atoms with Crippen LogP contribution in [0.15, 0.2) is 59.2 Å². The molecular weight excluding hydrogens is 482 g/mol. The molecule has 1 N–H and O–H groups in total. The second-order valence-corrected chi connectivity index (χ2v) is 12.3. The minimum Gasteiger partial charge on any atom is -0.352 e. The predicted molar refractivity (Wildman–Crippen MR) is 142 cm³/mol. The van der Waals surface area contributed by atoms with Crippen LogP contribution in [0.2, 0.25) is 0 Å². The van der Waals surface area contributed by atoms with Crippen molar-refractivity contribution in [3.63, 3.8) is 0 Å². The summed E-state index contributed by atoms with van der Waals surface area (Å²) in [5, 5.41) is 3.20. The van der Waals surface area contributed by atoms with E-state index in [0.717, 1.165) is 22.9 Å². The van der Waals surface area contributed by atoms with E-state index in [1.165, 1.54) is 10.5 Å². The molecule has 0 aliphatic carbocycles. The first-order valence-corrected chi connectivity index (χ1v) is 14.4. The van der Waals surface area contributed by atoms with E-state index in [1.807, 2.05) is 55.5 Å². The molecule has 0 radical (unpaired) electrons. The lowest BCUT2D eigenvalue weighted by Gasteiger charge is -2.18. The Morgan fingerprint density at radius 3 is 2.46 bits per heavy atom. The summed E-state index contributed by atoms with van der Waals surface area (Å²) in [6.45, 7) is 6.23. The molecule has 35 heavy (non-hydrogen) atoms. The molecule has 0 saturated carbocycles. The molecule has 1 atom stereocenters. The van der Waals surface area contributed by atoms with Crippen molar-refractivity contribution in [2.24, 2.45) is 4.99 Å². The number of carbonyl (C=O) groups is 2. The third kappa shape index (κ3) is 6.21. The summed E-state index contributed by atoms with van der Waals surface area (Å²) in [5.41, 5.74) is 4.13. The van der Waals surface area contributed by atoms with Crippen LogP contribution in [0.5, 0.6) is 0 Å². The van der Waals surface area contributed by atoms with Gasteiger partial charge in [0.15, 0.2) is 15.0 Å². The number of nitrogens with zero attached hydrogens (tertiary/aromatic N) is 2. The number of aliphatic imine (C=N–C) groups is 1. The number of amidine groups is 1. The average Bonchev–Trinajstić information content (AvgIpc) is 3.31. The summed E-state index contributed by atoms with van der Waals surface area (Å²) in [7, 11) is -3.08. The molecule has 2 aliphatic heterocycles. The predicted octanol–water partition coefficient (Wildman–Crippen LogP) is 3.90. The Morgan fingerprint density at radius 2 is 1.86 bits per heavy atom. The molecule has 2 aromatic rings. The maximum Gasteiger partial charge on any atom is 0.283 e. The Bertz CT molecular complexity index is 1280. The molecule has 0 bridgehead atoms.